The summed E-state index contributed by atoms with van der Waals surface area (Å²) in [6.07, 6.45) is 0. The van der Waals surface area contributed by atoms with Gasteiger partial charge in [0.1, 0.15) is 17.4 Å². The van der Waals surface area contributed by atoms with Crippen LogP contribution in [-0.2, 0) is 10.0 Å². The normalized spacial score (nSPS) is 12.9. The van der Waals surface area contributed by atoms with Gasteiger partial charge in [0.25, 0.3) is 10.0 Å². The number of nitrogens with zero attached hydrogens (tertiary/aromatic N) is 3. The third kappa shape index (κ3) is 7.23. The van der Waals surface area contributed by atoms with Gasteiger partial charge in [-0.05, 0) is 54.6 Å². The summed E-state index contributed by atoms with van der Waals surface area (Å²) in [7, 11) is -2.44. The van der Waals surface area contributed by atoms with Crippen LogP contribution in [0, 0.1) is 5.82 Å². The highest BCUT2D eigenvalue weighted by Crippen LogP contribution is 2.31. The number of carboxylic acids is 1. The van der Waals surface area contributed by atoms with Crippen molar-refractivity contribution in [1.29, 1.82) is 0 Å². The summed E-state index contributed by atoms with van der Waals surface area (Å²) < 4.78 is 46.8. The van der Waals surface area contributed by atoms with Gasteiger partial charge < -0.3 is 19.6 Å². The molecule has 1 aliphatic rings. The molecule has 0 aliphatic carbocycles. The molecule has 4 aromatic rings. The Bertz CT molecular complexity index is 1640. The minimum atomic E-state index is -4.08. The Morgan fingerprint density at radius 1 is 0.927 bits per heavy atom. The molecule has 41 heavy (non-hydrogen) atoms. The summed E-state index contributed by atoms with van der Waals surface area (Å²) in [5, 5.41) is 10.2. The van der Waals surface area contributed by atoms with Gasteiger partial charge in [-0.3, -0.25) is 4.72 Å². The van der Waals surface area contributed by atoms with Crippen molar-refractivity contribution in [2.45, 2.75) is 4.90 Å². The molecule has 1 fully saturated rings. The zero-order valence-corrected chi connectivity index (χ0v) is 25.0. The number of carboxylic acid groups (broad SMARTS) is 1. The molecule has 0 radical (unpaired) electrons. The number of aromatic nitrogens is 1. The first-order valence-corrected chi connectivity index (χ1v) is 13.3. The van der Waals surface area contributed by atoms with Gasteiger partial charge in [-0.25, -0.2) is 22.6 Å². The molecule has 14 heteroatoms. The zero-order chi connectivity index (χ0) is 26.9. The lowest BCUT2D eigenvalue weighted by molar-refractivity contribution is 0.0699. The van der Waals surface area contributed by atoms with Crippen molar-refractivity contribution in [3.05, 3.63) is 84.2 Å². The second kappa shape index (κ2) is 13.9. The molecule has 0 unspecified atom stereocenters. The van der Waals surface area contributed by atoms with Gasteiger partial charge >= 0.3 is 5.97 Å². The van der Waals surface area contributed by atoms with E-state index in [0.29, 0.717) is 37.5 Å². The molecule has 0 saturated carbocycles. The monoisotopic (exact) mass is 644 g/mol. The highest BCUT2D eigenvalue weighted by atomic mass is 35.5. The fourth-order valence-electron chi connectivity index (χ4n) is 4.53. The number of piperazine rings is 1. The van der Waals surface area contributed by atoms with Crippen molar-refractivity contribution in [3.63, 3.8) is 0 Å². The predicted molar refractivity (Wildman–Crippen MR) is 165 cm³/mol. The summed E-state index contributed by atoms with van der Waals surface area (Å²) >= 11 is 0. The number of carbonyl (C=O) groups is 1. The molecule has 3 aromatic carbocycles. The minimum Gasteiger partial charge on any atom is -0.495 e. The number of anilines is 3. The molecule has 0 atom stereocenters. The van der Waals surface area contributed by atoms with Crippen molar-refractivity contribution < 1.29 is 27.4 Å². The SMILES string of the molecule is COc1ccccc1N1CCN(c2cc(C(=O)O)c3cc(NS(=O)(=O)c4cccc(F)c4)ccc3n2)CC1.Cl.Cl.Cl. The summed E-state index contributed by atoms with van der Waals surface area (Å²) in [5.74, 6) is -0.513. The molecule has 0 amide bonds. The van der Waals surface area contributed by atoms with Crippen molar-refractivity contribution >= 4 is 81.3 Å². The van der Waals surface area contributed by atoms with Crippen LogP contribution in [0.5, 0.6) is 5.75 Å². The first kappa shape index (κ1) is 33.7. The Kier molecular flexibility index (Phi) is 11.4. The van der Waals surface area contributed by atoms with Crippen LogP contribution in [0.25, 0.3) is 10.9 Å². The van der Waals surface area contributed by atoms with Crippen LogP contribution in [0.2, 0.25) is 0 Å². The zero-order valence-electron chi connectivity index (χ0n) is 21.7. The van der Waals surface area contributed by atoms with Gasteiger partial charge in [0.2, 0.25) is 0 Å². The van der Waals surface area contributed by atoms with E-state index in [4.69, 9.17) is 4.74 Å². The van der Waals surface area contributed by atoms with E-state index in [0.717, 1.165) is 23.6 Å². The molecule has 220 valence electrons. The minimum absolute atomic E-state index is 0. The number of methoxy groups -OCH3 is 1. The summed E-state index contributed by atoms with van der Waals surface area (Å²) in [4.78, 5) is 20.8. The molecule has 0 bridgehead atoms. The molecule has 1 saturated heterocycles. The molecule has 1 aromatic heterocycles. The number of hydrogen-bond acceptors (Lipinski definition) is 7. The van der Waals surface area contributed by atoms with Crippen molar-refractivity contribution in [2.24, 2.45) is 0 Å². The molecule has 0 spiro atoms. The maximum absolute atomic E-state index is 13.5. The smallest absolute Gasteiger partial charge is 0.336 e. The molecule has 1 aliphatic heterocycles. The average Bonchev–Trinajstić information content (AvgIpc) is 2.92. The van der Waals surface area contributed by atoms with E-state index in [1.54, 1.807) is 13.2 Å². The number of halogens is 4. The highest BCUT2D eigenvalue weighted by molar-refractivity contribution is 7.92. The fourth-order valence-corrected chi connectivity index (χ4v) is 5.61. The van der Waals surface area contributed by atoms with E-state index < -0.39 is 21.8 Å². The number of para-hydroxylation sites is 2. The highest BCUT2D eigenvalue weighted by Gasteiger charge is 2.23. The number of benzene rings is 3. The first-order chi connectivity index (χ1) is 18.2. The predicted octanol–water partition coefficient (Wildman–Crippen LogP) is 5.47. The summed E-state index contributed by atoms with van der Waals surface area (Å²) in [5.41, 5.74) is 1.56. The average molecular weight is 646 g/mol. The second-order valence-electron chi connectivity index (χ2n) is 8.77. The molecule has 2 heterocycles. The third-order valence-corrected chi connectivity index (χ3v) is 7.79. The van der Waals surface area contributed by atoms with E-state index in [9.17, 15) is 22.7 Å². The molecule has 2 N–H and O–H groups in total. The number of aromatic carboxylic acids is 1. The van der Waals surface area contributed by atoms with Crippen LogP contribution in [0.1, 0.15) is 10.4 Å². The number of hydrogen-bond donors (Lipinski definition) is 2. The van der Waals surface area contributed by atoms with E-state index in [-0.39, 0.29) is 58.8 Å². The summed E-state index contributed by atoms with van der Waals surface area (Å²) in [6, 6.07) is 18.4. The maximum Gasteiger partial charge on any atom is 0.336 e. The lowest BCUT2D eigenvalue weighted by Gasteiger charge is -2.37. The van der Waals surface area contributed by atoms with Gasteiger partial charge in [-0.15, -0.1) is 37.2 Å². The maximum atomic E-state index is 13.5. The van der Waals surface area contributed by atoms with Gasteiger partial charge in [0.15, 0.2) is 0 Å². The Morgan fingerprint density at radius 2 is 1.61 bits per heavy atom. The third-order valence-electron chi connectivity index (χ3n) is 6.41. The van der Waals surface area contributed by atoms with E-state index in [1.165, 1.54) is 30.3 Å². The Hall–Kier alpha value is -3.51. The Balaban J connectivity index is 0.00000196. The Labute approximate surface area is 255 Å². The van der Waals surface area contributed by atoms with Gasteiger partial charge in [0.05, 0.1) is 28.8 Å². The van der Waals surface area contributed by atoms with E-state index in [2.05, 4.69) is 14.6 Å². The summed E-state index contributed by atoms with van der Waals surface area (Å²) in [6.45, 7) is 2.65. The number of ether oxygens (including phenoxy) is 1. The number of fused-ring (bicyclic) bond motifs is 1. The fraction of sp³-hybridized carbons (Fsp3) is 0.185. The molecular weight excluding hydrogens is 618 g/mol. The quantitative estimate of drug-likeness (QED) is 0.272. The van der Waals surface area contributed by atoms with Gasteiger partial charge in [0, 0.05) is 37.3 Å². The molecule has 9 nitrogen and oxygen atoms in total. The van der Waals surface area contributed by atoms with Gasteiger partial charge in [-0.2, -0.15) is 0 Å². The van der Waals surface area contributed by atoms with E-state index in [1.807, 2.05) is 29.2 Å². The van der Waals surface area contributed by atoms with Crippen molar-refractivity contribution in [1.82, 2.24) is 4.98 Å². The lowest BCUT2D eigenvalue weighted by atomic mass is 10.1. The van der Waals surface area contributed by atoms with E-state index >= 15 is 0 Å². The van der Waals surface area contributed by atoms with Gasteiger partial charge in [-0.1, -0.05) is 18.2 Å². The molecule has 5 rings (SSSR count). The number of sulfonamides is 1. The van der Waals surface area contributed by atoms with Crippen molar-refractivity contribution in [2.75, 3.05) is 47.8 Å². The van der Waals surface area contributed by atoms with Crippen LogP contribution in [0.3, 0.4) is 0 Å². The second-order valence-corrected chi connectivity index (χ2v) is 10.5. The van der Waals surface area contributed by atoms with Crippen LogP contribution in [0.4, 0.5) is 21.6 Å². The number of rotatable bonds is 7. The standard InChI is InChI=1S/C27H25FN4O5S.3ClH/c1-37-25-8-3-2-7-24(25)31-11-13-32(14-12-31)26-17-22(27(33)34)21-16-19(9-10-23(21)29-26)30-38(35,36)20-6-4-5-18(28)15-20;;;/h2-10,15-17,30H,11-14H2,1H3,(H,33,34);3*1H. The number of pyridine rings is 1. The topological polar surface area (TPSA) is 112 Å². The van der Waals surface area contributed by atoms with Crippen LogP contribution in [0.15, 0.2) is 77.7 Å². The van der Waals surface area contributed by atoms with Crippen molar-refractivity contribution in [3.8, 4) is 5.75 Å². The van der Waals surface area contributed by atoms with Crippen LogP contribution in [-0.4, -0.2) is 57.8 Å². The molecular formula is C27H28Cl3FN4O5S. The van der Waals surface area contributed by atoms with Crippen LogP contribution >= 0.6 is 37.2 Å². The Morgan fingerprint density at radius 3 is 2.27 bits per heavy atom. The first-order valence-electron chi connectivity index (χ1n) is 11.8. The largest absolute Gasteiger partial charge is 0.495 e. The lowest BCUT2D eigenvalue weighted by Crippen LogP contribution is -2.47. The number of nitrogens with one attached hydrogen (secondary N) is 1. The van der Waals surface area contributed by atoms with Crippen LogP contribution < -0.4 is 19.3 Å².